The number of hydrogen-bond donors (Lipinski definition) is 1. The number of hydrogen-bond acceptors (Lipinski definition) is 3. The Morgan fingerprint density at radius 3 is 2.91 bits per heavy atom. The maximum absolute atomic E-state index is 6.53. The molecule has 1 fully saturated rings. The molecule has 2 aliphatic rings. The van der Waals surface area contributed by atoms with E-state index in [0.717, 1.165) is 31.6 Å². The van der Waals surface area contributed by atoms with Crippen molar-refractivity contribution in [1.82, 2.24) is 4.90 Å². The zero-order chi connectivity index (χ0) is 16.2. The van der Waals surface area contributed by atoms with Crippen molar-refractivity contribution >= 4 is 0 Å². The summed E-state index contributed by atoms with van der Waals surface area (Å²) in [5, 5.41) is 0. The molecule has 3 nitrogen and oxygen atoms in total. The first-order valence-corrected chi connectivity index (χ1v) is 9.48. The lowest BCUT2D eigenvalue weighted by Gasteiger charge is -2.46. The molecular formula is C20H32N2O. The molecule has 1 aromatic rings. The molecule has 1 aromatic carbocycles. The Hall–Kier alpha value is -1.06. The summed E-state index contributed by atoms with van der Waals surface area (Å²) in [6.07, 6.45) is 7.18. The standard InChI is InChI=1S/C20H32N2O/c1-3-5-6-16-14-22-10-9-15-12-17(23-11-4-2)7-8-18(15)20(22)13-19(16)21/h7-8,12,16,19-20H,3-6,9-11,13-14,21H2,1-2H3/t16-,19-,20?/m1/s1. The Bertz CT molecular complexity index is 516. The second kappa shape index (κ2) is 7.67. The Kier molecular flexibility index (Phi) is 5.60. The molecule has 0 radical (unpaired) electrons. The molecule has 2 aliphatic heterocycles. The minimum Gasteiger partial charge on any atom is -0.494 e. The fourth-order valence-corrected chi connectivity index (χ4v) is 4.20. The third-order valence-electron chi connectivity index (χ3n) is 5.55. The van der Waals surface area contributed by atoms with E-state index in [0.29, 0.717) is 18.0 Å². The Morgan fingerprint density at radius 2 is 2.13 bits per heavy atom. The molecular weight excluding hydrogens is 284 g/mol. The van der Waals surface area contributed by atoms with Gasteiger partial charge in [0.05, 0.1) is 6.61 Å². The first kappa shape index (κ1) is 16.8. The lowest BCUT2D eigenvalue weighted by atomic mass is 9.79. The number of ether oxygens (including phenoxy) is 1. The fourth-order valence-electron chi connectivity index (χ4n) is 4.20. The summed E-state index contributed by atoms with van der Waals surface area (Å²) in [4.78, 5) is 2.68. The second-order valence-corrected chi connectivity index (χ2v) is 7.27. The molecule has 0 bridgehead atoms. The van der Waals surface area contributed by atoms with E-state index in [1.165, 1.54) is 43.5 Å². The second-order valence-electron chi connectivity index (χ2n) is 7.27. The quantitative estimate of drug-likeness (QED) is 0.864. The van der Waals surface area contributed by atoms with Gasteiger partial charge in [-0.05, 0) is 54.9 Å². The van der Waals surface area contributed by atoms with Crippen LogP contribution in [0.1, 0.15) is 63.1 Å². The van der Waals surface area contributed by atoms with Crippen LogP contribution in [0.4, 0.5) is 0 Å². The number of benzene rings is 1. The highest BCUT2D eigenvalue weighted by Gasteiger charge is 2.36. The molecule has 0 saturated carbocycles. The van der Waals surface area contributed by atoms with Crippen molar-refractivity contribution in [3.8, 4) is 5.75 Å². The van der Waals surface area contributed by atoms with Gasteiger partial charge in [0.1, 0.15) is 5.75 Å². The van der Waals surface area contributed by atoms with Crippen LogP contribution in [0.15, 0.2) is 18.2 Å². The number of nitrogens with zero attached hydrogens (tertiary/aromatic N) is 1. The van der Waals surface area contributed by atoms with Crippen molar-refractivity contribution in [3.63, 3.8) is 0 Å². The average molecular weight is 316 g/mol. The van der Waals surface area contributed by atoms with E-state index in [1.807, 2.05) is 0 Å². The number of piperidine rings is 1. The van der Waals surface area contributed by atoms with Crippen LogP contribution in [0.25, 0.3) is 0 Å². The maximum atomic E-state index is 6.53. The normalized spacial score (nSPS) is 27.3. The molecule has 23 heavy (non-hydrogen) atoms. The molecule has 1 unspecified atom stereocenters. The van der Waals surface area contributed by atoms with Crippen molar-refractivity contribution in [1.29, 1.82) is 0 Å². The van der Waals surface area contributed by atoms with E-state index >= 15 is 0 Å². The van der Waals surface area contributed by atoms with Crippen LogP contribution in [0, 0.1) is 5.92 Å². The first-order valence-electron chi connectivity index (χ1n) is 9.48. The van der Waals surface area contributed by atoms with Gasteiger partial charge in [-0.1, -0.05) is 32.8 Å². The van der Waals surface area contributed by atoms with Gasteiger partial charge in [-0.3, -0.25) is 4.90 Å². The van der Waals surface area contributed by atoms with Crippen molar-refractivity contribution in [2.45, 2.75) is 64.5 Å². The lowest BCUT2D eigenvalue weighted by molar-refractivity contribution is 0.0785. The van der Waals surface area contributed by atoms with Gasteiger partial charge < -0.3 is 10.5 Å². The van der Waals surface area contributed by atoms with Gasteiger partial charge in [0.15, 0.2) is 0 Å². The van der Waals surface area contributed by atoms with E-state index in [-0.39, 0.29) is 0 Å². The highest BCUT2D eigenvalue weighted by molar-refractivity contribution is 5.39. The topological polar surface area (TPSA) is 38.5 Å². The van der Waals surface area contributed by atoms with Gasteiger partial charge in [0.25, 0.3) is 0 Å². The van der Waals surface area contributed by atoms with Crippen LogP contribution in [0.5, 0.6) is 5.75 Å². The van der Waals surface area contributed by atoms with Crippen LogP contribution in [0.2, 0.25) is 0 Å². The largest absolute Gasteiger partial charge is 0.494 e. The van der Waals surface area contributed by atoms with Crippen molar-refractivity contribution in [2.75, 3.05) is 19.7 Å². The summed E-state index contributed by atoms with van der Waals surface area (Å²) in [5.74, 6) is 1.71. The van der Waals surface area contributed by atoms with Gasteiger partial charge in [-0.25, -0.2) is 0 Å². The number of rotatable bonds is 6. The summed E-state index contributed by atoms with van der Waals surface area (Å²) in [7, 11) is 0. The van der Waals surface area contributed by atoms with E-state index in [9.17, 15) is 0 Å². The Labute approximate surface area is 141 Å². The molecule has 2 heterocycles. The smallest absolute Gasteiger partial charge is 0.119 e. The van der Waals surface area contributed by atoms with Crippen LogP contribution < -0.4 is 10.5 Å². The van der Waals surface area contributed by atoms with Crippen LogP contribution >= 0.6 is 0 Å². The van der Waals surface area contributed by atoms with E-state index in [1.54, 1.807) is 0 Å². The molecule has 2 N–H and O–H groups in total. The highest BCUT2D eigenvalue weighted by atomic mass is 16.5. The maximum Gasteiger partial charge on any atom is 0.119 e. The number of unbranched alkanes of at least 4 members (excludes halogenated alkanes) is 1. The molecule has 0 amide bonds. The molecule has 3 atom stereocenters. The van der Waals surface area contributed by atoms with Crippen LogP contribution in [0.3, 0.4) is 0 Å². The molecule has 0 aromatic heterocycles. The minimum absolute atomic E-state index is 0.352. The van der Waals surface area contributed by atoms with Crippen molar-refractivity contribution in [3.05, 3.63) is 29.3 Å². The third-order valence-corrected chi connectivity index (χ3v) is 5.55. The minimum atomic E-state index is 0.352. The summed E-state index contributed by atoms with van der Waals surface area (Å²) in [6, 6.07) is 7.57. The SMILES string of the molecule is CCCC[C@@H]1CN2CCc3cc(OCCC)ccc3C2C[C@H]1N. The number of fused-ring (bicyclic) bond motifs is 3. The Balaban J connectivity index is 1.72. The number of nitrogens with two attached hydrogens (primary N) is 1. The predicted molar refractivity (Wildman–Crippen MR) is 95.9 cm³/mol. The summed E-state index contributed by atoms with van der Waals surface area (Å²) >= 11 is 0. The summed E-state index contributed by atoms with van der Waals surface area (Å²) < 4.78 is 5.80. The Morgan fingerprint density at radius 1 is 1.26 bits per heavy atom. The van der Waals surface area contributed by atoms with Gasteiger partial charge in [0.2, 0.25) is 0 Å². The van der Waals surface area contributed by atoms with Gasteiger partial charge in [-0.2, -0.15) is 0 Å². The van der Waals surface area contributed by atoms with Gasteiger partial charge >= 0.3 is 0 Å². The molecule has 1 saturated heterocycles. The molecule has 3 heteroatoms. The fraction of sp³-hybridized carbons (Fsp3) is 0.700. The lowest BCUT2D eigenvalue weighted by Crippen LogP contribution is -2.50. The van der Waals surface area contributed by atoms with Crippen LogP contribution in [-0.4, -0.2) is 30.6 Å². The summed E-state index contributed by atoms with van der Waals surface area (Å²) in [6.45, 7) is 7.57. The highest BCUT2D eigenvalue weighted by Crippen LogP contribution is 2.40. The van der Waals surface area contributed by atoms with E-state index in [2.05, 4.69) is 36.9 Å². The summed E-state index contributed by atoms with van der Waals surface area (Å²) in [5.41, 5.74) is 9.49. The first-order chi connectivity index (χ1) is 11.2. The van der Waals surface area contributed by atoms with Gasteiger partial charge in [0, 0.05) is 25.2 Å². The van der Waals surface area contributed by atoms with E-state index in [4.69, 9.17) is 10.5 Å². The predicted octanol–water partition coefficient (Wildman–Crippen LogP) is 3.91. The molecule has 0 aliphatic carbocycles. The third kappa shape index (κ3) is 3.72. The van der Waals surface area contributed by atoms with Crippen LogP contribution in [-0.2, 0) is 6.42 Å². The molecule has 128 valence electrons. The van der Waals surface area contributed by atoms with E-state index < -0.39 is 0 Å². The molecule has 3 rings (SSSR count). The van der Waals surface area contributed by atoms with Crippen molar-refractivity contribution < 1.29 is 4.74 Å². The van der Waals surface area contributed by atoms with Gasteiger partial charge in [-0.15, -0.1) is 0 Å². The molecule has 0 spiro atoms. The zero-order valence-corrected chi connectivity index (χ0v) is 14.8. The zero-order valence-electron chi connectivity index (χ0n) is 14.8. The van der Waals surface area contributed by atoms with Crippen molar-refractivity contribution in [2.24, 2.45) is 11.7 Å². The average Bonchev–Trinajstić information content (AvgIpc) is 2.58. The monoisotopic (exact) mass is 316 g/mol.